The van der Waals surface area contributed by atoms with Crippen molar-refractivity contribution in [2.24, 2.45) is 0 Å². The van der Waals surface area contributed by atoms with Gasteiger partial charge in [-0.15, -0.1) is 0 Å². The van der Waals surface area contributed by atoms with E-state index < -0.39 is 0 Å². The van der Waals surface area contributed by atoms with E-state index in [9.17, 15) is 0 Å². The van der Waals surface area contributed by atoms with Gasteiger partial charge in [-0.1, -0.05) is 48.5 Å². The highest BCUT2D eigenvalue weighted by atomic mass is 16.5. The van der Waals surface area contributed by atoms with Gasteiger partial charge in [0.2, 0.25) is 0 Å². The summed E-state index contributed by atoms with van der Waals surface area (Å²) in [5.74, 6) is 2.51. The molecule has 0 aliphatic carbocycles. The quantitative estimate of drug-likeness (QED) is 0.522. The number of ether oxygens (including phenoxy) is 4. The fourth-order valence-electron chi connectivity index (χ4n) is 3.79. The number of rotatable bonds is 8. The van der Waals surface area contributed by atoms with Crippen LogP contribution in [0.4, 0.5) is 0 Å². The third-order valence-corrected chi connectivity index (χ3v) is 5.54. The number of benzene rings is 3. The second-order valence-electron chi connectivity index (χ2n) is 7.62. The van der Waals surface area contributed by atoms with Gasteiger partial charge in [-0.05, 0) is 29.3 Å². The largest absolute Gasteiger partial charge is 0.497 e. The molecule has 162 valence electrons. The van der Waals surface area contributed by atoms with E-state index in [2.05, 4.69) is 35.2 Å². The summed E-state index contributed by atoms with van der Waals surface area (Å²) in [6.07, 6.45) is 0.0427. The van der Waals surface area contributed by atoms with Gasteiger partial charge in [0.15, 0.2) is 0 Å². The predicted octanol–water partition coefficient (Wildman–Crippen LogP) is 4.86. The number of morpholine rings is 1. The smallest absolute Gasteiger partial charge is 0.127 e. The minimum atomic E-state index is 0.0427. The van der Waals surface area contributed by atoms with Crippen LogP contribution in [0.25, 0.3) is 0 Å². The van der Waals surface area contributed by atoms with E-state index in [4.69, 9.17) is 18.9 Å². The molecule has 4 rings (SSSR count). The Morgan fingerprint density at radius 3 is 2.42 bits per heavy atom. The molecule has 0 spiro atoms. The van der Waals surface area contributed by atoms with Gasteiger partial charge in [-0.25, -0.2) is 0 Å². The molecule has 31 heavy (non-hydrogen) atoms. The van der Waals surface area contributed by atoms with Crippen molar-refractivity contribution in [3.63, 3.8) is 0 Å². The van der Waals surface area contributed by atoms with Gasteiger partial charge in [-0.3, -0.25) is 4.90 Å². The van der Waals surface area contributed by atoms with Crippen LogP contribution in [0.5, 0.6) is 17.2 Å². The molecule has 1 atom stereocenters. The van der Waals surface area contributed by atoms with Crippen molar-refractivity contribution >= 4 is 0 Å². The molecule has 0 unspecified atom stereocenters. The van der Waals surface area contributed by atoms with Crippen molar-refractivity contribution < 1.29 is 18.9 Å². The van der Waals surface area contributed by atoms with Crippen LogP contribution < -0.4 is 14.2 Å². The SMILES string of the molecule is COc1ccc(CN2CCO[C@H](c3ccc(OCc4ccccc4)cc3)C2)c(OC)c1. The van der Waals surface area contributed by atoms with Crippen molar-refractivity contribution in [1.82, 2.24) is 4.90 Å². The molecule has 1 aliphatic heterocycles. The summed E-state index contributed by atoms with van der Waals surface area (Å²) < 4.78 is 22.8. The molecule has 0 amide bonds. The van der Waals surface area contributed by atoms with Crippen molar-refractivity contribution in [2.45, 2.75) is 19.3 Å². The highest BCUT2D eigenvalue weighted by Crippen LogP contribution is 2.29. The van der Waals surface area contributed by atoms with E-state index in [1.54, 1.807) is 14.2 Å². The molecule has 0 saturated carbocycles. The normalized spacial score (nSPS) is 16.6. The summed E-state index contributed by atoms with van der Waals surface area (Å²) in [6.45, 7) is 3.81. The molecule has 0 aromatic heterocycles. The fraction of sp³-hybridized carbons (Fsp3) is 0.308. The topological polar surface area (TPSA) is 40.2 Å². The standard InChI is InChI=1S/C26H29NO4/c1-28-24-13-10-22(25(16-24)29-2)17-27-14-15-30-26(18-27)21-8-11-23(12-9-21)31-19-20-6-4-3-5-7-20/h3-13,16,26H,14-15,17-19H2,1-2H3/t26-/m0/s1. The summed E-state index contributed by atoms with van der Waals surface area (Å²) in [5, 5.41) is 0. The maximum Gasteiger partial charge on any atom is 0.127 e. The fourth-order valence-corrected chi connectivity index (χ4v) is 3.79. The number of methoxy groups -OCH3 is 2. The minimum Gasteiger partial charge on any atom is -0.497 e. The Morgan fingerprint density at radius 1 is 0.903 bits per heavy atom. The van der Waals surface area contributed by atoms with Crippen LogP contribution in [0.2, 0.25) is 0 Å². The Kier molecular flexibility index (Phi) is 7.07. The van der Waals surface area contributed by atoms with Crippen LogP contribution in [-0.4, -0.2) is 38.8 Å². The summed E-state index contributed by atoms with van der Waals surface area (Å²) in [6, 6.07) is 24.4. The van der Waals surface area contributed by atoms with Crippen LogP contribution in [0.1, 0.15) is 22.8 Å². The maximum absolute atomic E-state index is 6.06. The van der Waals surface area contributed by atoms with Gasteiger partial charge in [0.1, 0.15) is 23.9 Å². The molecule has 5 heteroatoms. The second-order valence-corrected chi connectivity index (χ2v) is 7.62. The molecule has 3 aromatic carbocycles. The zero-order valence-electron chi connectivity index (χ0n) is 18.1. The molecule has 0 radical (unpaired) electrons. The third kappa shape index (κ3) is 5.57. The molecule has 0 bridgehead atoms. The van der Waals surface area contributed by atoms with Crippen molar-refractivity contribution in [3.05, 3.63) is 89.5 Å². The van der Waals surface area contributed by atoms with Crippen molar-refractivity contribution in [1.29, 1.82) is 0 Å². The highest BCUT2D eigenvalue weighted by Gasteiger charge is 2.23. The summed E-state index contributed by atoms with van der Waals surface area (Å²) in [7, 11) is 3.36. The summed E-state index contributed by atoms with van der Waals surface area (Å²) in [5.41, 5.74) is 3.47. The van der Waals surface area contributed by atoms with Crippen LogP contribution in [0.15, 0.2) is 72.8 Å². The van der Waals surface area contributed by atoms with Crippen LogP contribution >= 0.6 is 0 Å². The predicted molar refractivity (Wildman–Crippen MR) is 121 cm³/mol. The first-order chi connectivity index (χ1) is 15.2. The van der Waals surface area contributed by atoms with E-state index in [-0.39, 0.29) is 6.10 Å². The first-order valence-corrected chi connectivity index (χ1v) is 10.6. The first-order valence-electron chi connectivity index (χ1n) is 10.6. The lowest BCUT2D eigenvalue weighted by molar-refractivity contribution is -0.0331. The van der Waals surface area contributed by atoms with Gasteiger partial charge >= 0.3 is 0 Å². The lowest BCUT2D eigenvalue weighted by Gasteiger charge is -2.33. The minimum absolute atomic E-state index is 0.0427. The molecule has 1 saturated heterocycles. The average Bonchev–Trinajstić information content (AvgIpc) is 2.84. The zero-order chi connectivity index (χ0) is 21.5. The monoisotopic (exact) mass is 419 g/mol. The molecule has 5 nitrogen and oxygen atoms in total. The van der Waals surface area contributed by atoms with E-state index in [1.807, 2.05) is 42.5 Å². The van der Waals surface area contributed by atoms with E-state index in [0.29, 0.717) is 13.2 Å². The van der Waals surface area contributed by atoms with Crippen LogP contribution in [0.3, 0.4) is 0 Å². The zero-order valence-corrected chi connectivity index (χ0v) is 18.1. The Labute approximate surface area is 184 Å². The first kappa shape index (κ1) is 21.2. The van der Waals surface area contributed by atoms with E-state index >= 15 is 0 Å². The Morgan fingerprint density at radius 2 is 1.68 bits per heavy atom. The Bertz CT molecular complexity index is 959. The molecule has 0 N–H and O–H groups in total. The third-order valence-electron chi connectivity index (χ3n) is 5.54. The van der Waals surface area contributed by atoms with E-state index in [1.165, 1.54) is 5.56 Å². The van der Waals surface area contributed by atoms with Crippen molar-refractivity contribution in [2.75, 3.05) is 33.9 Å². The molecule has 3 aromatic rings. The highest BCUT2D eigenvalue weighted by molar-refractivity contribution is 5.40. The summed E-state index contributed by atoms with van der Waals surface area (Å²) in [4.78, 5) is 2.40. The van der Waals surface area contributed by atoms with Gasteiger partial charge in [-0.2, -0.15) is 0 Å². The average molecular weight is 420 g/mol. The van der Waals surface area contributed by atoms with Gasteiger partial charge in [0.05, 0.1) is 26.9 Å². The Hall–Kier alpha value is -3.02. The lowest BCUT2D eigenvalue weighted by Crippen LogP contribution is -2.37. The maximum atomic E-state index is 6.06. The number of nitrogens with zero attached hydrogens (tertiary/aromatic N) is 1. The molecule has 1 aliphatic rings. The summed E-state index contributed by atoms with van der Waals surface area (Å²) >= 11 is 0. The van der Waals surface area contributed by atoms with Crippen LogP contribution in [-0.2, 0) is 17.9 Å². The van der Waals surface area contributed by atoms with Crippen LogP contribution in [0, 0.1) is 0 Å². The van der Waals surface area contributed by atoms with Gasteiger partial charge in [0.25, 0.3) is 0 Å². The van der Waals surface area contributed by atoms with E-state index in [0.717, 1.165) is 48.0 Å². The molecule has 1 fully saturated rings. The van der Waals surface area contributed by atoms with Gasteiger partial charge < -0.3 is 18.9 Å². The number of hydrogen-bond acceptors (Lipinski definition) is 5. The second kappa shape index (κ2) is 10.3. The lowest BCUT2D eigenvalue weighted by atomic mass is 10.1. The van der Waals surface area contributed by atoms with Crippen molar-refractivity contribution in [3.8, 4) is 17.2 Å². The van der Waals surface area contributed by atoms with Gasteiger partial charge in [0, 0.05) is 31.3 Å². The Balaban J connectivity index is 1.36. The molecular weight excluding hydrogens is 390 g/mol. The molecule has 1 heterocycles. The molecular formula is C26H29NO4. The number of hydrogen-bond donors (Lipinski definition) is 0.